The molecule has 0 radical (unpaired) electrons. The minimum atomic E-state index is -0.0871. The van der Waals surface area contributed by atoms with E-state index in [1.165, 1.54) is 5.57 Å². The molecule has 194 valence electrons. The molecule has 0 bridgehead atoms. The fourth-order valence-corrected chi connectivity index (χ4v) is 5.41. The number of phenols is 1. The number of ether oxygens (including phenoxy) is 1. The SMILES string of the molecule is COCCNC(=O)c1ccc2c(c1C)=CC(=CCC1CCCC(C(=O)c3ccccc3O)CC1)CC=C=2. The number of fused-ring (bicyclic) bond motifs is 1. The number of para-hydroxylation sites is 1. The first-order valence-electron chi connectivity index (χ1n) is 13.3. The van der Waals surface area contributed by atoms with Gasteiger partial charge in [-0.3, -0.25) is 9.59 Å². The molecule has 5 nitrogen and oxygen atoms in total. The highest BCUT2D eigenvalue weighted by Gasteiger charge is 2.26. The van der Waals surface area contributed by atoms with Crippen molar-refractivity contribution in [3.8, 4) is 5.75 Å². The molecule has 2 aromatic carbocycles. The molecule has 37 heavy (non-hydrogen) atoms. The molecule has 1 fully saturated rings. The van der Waals surface area contributed by atoms with Crippen LogP contribution in [-0.2, 0) is 4.74 Å². The van der Waals surface area contributed by atoms with E-state index < -0.39 is 0 Å². The third-order valence-corrected chi connectivity index (χ3v) is 7.62. The van der Waals surface area contributed by atoms with Crippen molar-refractivity contribution in [2.24, 2.45) is 11.8 Å². The first kappa shape index (κ1) is 26.7. The van der Waals surface area contributed by atoms with Crippen molar-refractivity contribution >= 4 is 23.5 Å². The van der Waals surface area contributed by atoms with Crippen LogP contribution in [-0.4, -0.2) is 37.1 Å². The highest BCUT2D eigenvalue weighted by molar-refractivity contribution is 6.00. The fourth-order valence-electron chi connectivity index (χ4n) is 5.41. The molecule has 2 unspecified atom stereocenters. The van der Waals surface area contributed by atoms with E-state index in [9.17, 15) is 14.7 Å². The van der Waals surface area contributed by atoms with E-state index in [0.717, 1.165) is 60.9 Å². The Labute approximate surface area is 219 Å². The molecule has 5 heteroatoms. The minimum Gasteiger partial charge on any atom is -0.507 e. The maximum Gasteiger partial charge on any atom is 0.251 e. The van der Waals surface area contributed by atoms with Crippen LogP contribution in [0.1, 0.15) is 71.2 Å². The van der Waals surface area contributed by atoms with Gasteiger partial charge in [-0.1, -0.05) is 37.1 Å². The summed E-state index contributed by atoms with van der Waals surface area (Å²) < 4.78 is 5.04. The van der Waals surface area contributed by atoms with Crippen LogP contribution in [0.2, 0.25) is 0 Å². The Balaban J connectivity index is 1.45. The number of Topliss-reactive ketones (excluding diaryl/α,β-unsaturated/α-hetero) is 1. The van der Waals surface area contributed by atoms with Crippen LogP contribution < -0.4 is 15.8 Å². The van der Waals surface area contributed by atoms with E-state index in [0.29, 0.717) is 30.2 Å². The number of aromatic hydroxyl groups is 1. The van der Waals surface area contributed by atoms with E-state index >= 15 is 0 Å². The van der Waals surface area contributed by atoms with Crippen LogP contribution in [0.3, 0.4) is 0 Å². The zero-order valence-electron chi connectivity index (χ0n) is 21.9. The summed E-state index contributed by atoms with van der Waals surface area (Å²) in [6.07, 6.45) is 13.3. The van der Waals surface area contributed by atoms with E-state index in [1.54, 1.807) is 25.3 Å². The normalized spacial score (nSPS) is 20.2. The average molecular weight is 500 g/mol. The Hall–Kier alpha value is -3.40. The Kier molecular flexibility index (Phi) is 9.16. The van der Waals surface area contributed by atoms with Gasteiger partial charge in [0, 0.05) is 30.4 Å². The average Bonchev–Trinajstić information content (AvgIpc) is 3.26. The molecule has 0 heterocycles. The van der Waals surface area contributed by atoms with Crippen LogP contribution in [0.25, 0.3) is 11.8 Å². The maximum absolute atomic E-state index is 13.0. The van der Waals surface area contributed by atoms with E-state index in [2.05, 4.69) is 29.3 Å². The summed E-state index contributed by atoms with van der Waals surface area (Å²) in [4.78, 5) is 25.7. The second-order valence-electron chi connectivity index (χ2n) is 10.1. The highest BCUT2D eigenvalue weighted by Crippen LogP contribution is 2.33. The van der Waals surface area contributed by atoms with Crippen molar-refractivity contribution in [3.05, 3.63) is 81.3 Å². The molecule has 0 aromatic heterocycles. The summed E-state index contributed by atoms with van der Waals surface area (Å²) in [7, 11) is 1.62. The van der Waals surface area contributed by atoms with Gasteiger partial charge in [0.25, 0.3) is 5.91 Å². The lowest BCUT2D eigenvalue weighted by molar-refractivity contribution is 0.0902. The van der Waals surface area contributed by atoms with Gasteiger partial charge in [0.05, 0.1) is 12.2 Å². The largest absolute Gasteiger partial charge is 0.507 e. The first-order chi connectivity index (χ1) is 18.0. The van der Waals surface area contributed by atoms with Gasteiger partial charge in [-0.15, -0.1) is 5.73 Å². The lowest BCUT2D eigenvalue weighted by atomic mass is 9.89. The predicted octanol–water partition coefficient (Wildman–Crippen LogP) is 4.59. The molecule has 4 rings (SSSR count). The second kappa shape index (κ2) is 12.7. The summed E-state index contributed by atoms with van der Waals surface area (Å²) in [5.41, 5.74) is 6.71. The molecule has 2 aromatic rings. The zero-order chi connectivity index (χ0) is 26.2. The molecule has 0 aliphatic heterocycles. The van der Waals surface area contributed by atoms with Gasteiger partial charge in [0.15, 0.2) is 5.78 Å². The van der Waals surface area contributed by atoms with E-state index in [-0.39, 0.29) is 23.4 Å². The lowest BCUT2D eigenvalue weighted by Gasteiger charge is -2.14. The smallest absolute Gasteiger partial charge is 0.251 e. The molecule has 1 saturated carbocycles. The molecule has 0 saturated heterocycles. The third kappa shape index (κ3) is 6.68. The predicted molar refractivity (Wildman–Crippen MR) is 147 cm³/mol. The summed E-state index contributed by atoms with van der Waals surface area (Å²) in [5, 5.41) is 15.1. The van der Waals surface area contributed by atoms with Crippen LogP contribution in [0, 0.1) is 18.8 Å². The quantitative estimate of drug-likeness (QED) is 0.316. The fraction of sp³-hybridized carbons (Fsp3) is 0.406. The number of benzene rings is 2. The van der Waals surface area contributed by atoms with Crippen molar-refractivity contribution in [2.45, 2.75) is 51.9 Å². The van der Waals surface area contributed by atoms with Crippen molar-refractivity contribution in [1.82, 2.24) is 5.32 Å². The molecule has 2 N–H and O–H groups in total. The van der Waals surface area contributed by atoms with Crippen LogP contribution in [0.15, 0.2) is 54.1 Å². The third-order valence-electron chi connectivity index (χ3n) is 7.62. The molecule has 0 spiro atoms. The zero-order valence-corrected chi connectivity index (χ0v) is 21.9. The summed E-state index contributed by atoms with van der Waals surface area (Å²) in [6.45, 7) is 2.96. The number of carbonyl (C=O) groups is 2. The van der Waals surface area contributed by atoms with Gasteiger partial charge in [-0.25, -0.2) is 0 Å². The van der Waals surface area contributed by atoms with Gasteiger partial charge < -0.3 is 15.2 Å². The van der Waals surface area contributed by atoms with Crippen molar-refractivity contribution < 1.29 is 19.4 Å². The molecule has 2 aliphatic rings. The Morgan fingerprint density at radius 3 is 2.76 bits per heavy atom. The van der Waals surface area contributed by atoms with Crippen LogP contribution in [0.5, 0.6) is 5.75 Å². The number of carbonyl (C=O) groups excluding carboxylic acids is 2. The molecular weight excluding hydrogens is 462 g/mol. The van der Waals surface area contributed by atoms with Crippen molar-refractivity contribution in [3.63, 3.8) is 0 Å². The number of nitrogens with one attached hydrogen (secondary N) is 1. The molecule has 2 aliphatic carbocycles. The van der Waals surface area contributed by atoms with Crippen LogP contribution in [0.4, 0.5) is 0 Å². The van der Waals surface area contributed by atoms with Gasteiger partial charge in [0.1, 0.15) is 5.75 Å². The number of methoxy groups -OCH3 is 1. The minimum absolute atomic E-state index is 0.0177. The number of allylic oxidation sites excluding steroid dienone is 3. The number of phenolic OH excluding ortho intramolecular Hbond substituents is 1. The number of hydrogen-bond donors (Lipinski definition) is 2. The Morgan fingerprint density at radius 1 is 1.11 bits per heavy atom. The van der Waals surface area contributed by atoms with Gasteiger partial charge in [-0.2, -0.15) is 0 Å². The van der Waals surface area contributed by atoms with Gasteiger partial charge >= 0.3 is 0 Å². The van der Waals surface area contributed by atoms with Gasteiger partial charge in [0.2, 0.25) is 0 Å². The number of amides is 1. The molecule has 1 amide bonds. The van der Waals surface area contributed by atoms with E-state index in [4.69, 9.17) is 4.74 Å². The molecule has 2 atom stereocenters. The van der Waals surface area contributed by atoms with Crippen molar-refractivity contribution in [2.75, 3.05) is 20.3 Å². The first-order valence-corrected chi connectivity index (χ1v) is 13.3. The monoisotopic (exact) mass is 499 g/mol. The Morgan fingerprint density at radius 2 is 1.95 bits per heavy atom. The number of ketones is 1. The van der Waals surface area contributed by atoms with Crippen molar-refractivity contribution in [1.29, 1.82) is 0 Å². The second-order valence-corrected chi connectivity index (χ2v) is 10.1. The highest BCUT2D eigenvalue weighted by atomic mass is 16.5. The summed E-state index contributed by atoms with van der Waals surface area (Å²) in [5.74, 6) is 0.589. The summed E-state index contributed by atoms with van der Waals surface area (Å²) >= 11 is 0. The topological polar surface area (TPSA) is 75.6 Å². The number of rotatable bonds is 8. The maximum atomic E-state index is 13.0. The lowest BCUT2D eigenvalue weighted by Crippen LogP contribution is -2.33. The standard InChI is InChI=1S/C32H37NO4/c1-22-27(32(36)33-19-20-37-2)18-17-25-9-6-8-24(21-29(22)25)14-13-23-7-5-10-26(16-15-23)31(35)28-11-3-4-12-30(28)34/h3-4,6,11-12,14,17-18,21,23,26,34H,5,7-8,10,13,15-16,19-20H2,1-2H3,(H,33,36). The van der Waals surface area contributed by atoms with Gasteiger partial charge in [-0.05, 0) is 91.6 Å². The van der Waals surface area contributed by atoms with Crippen LogP contribution >= 0.6 is 0 Å². The molecular formula is C32H37NO4. The Bertz CT molecular complexity index is 1330. The number of hydrogen-bond acceptors (Lipinski definition) is 4. The summed E-state index contributed by atoms with van der Waals surface area (Å²) in [6, 6.07) is 10.7. The van der Waals surface area contributed by atoms with E-state index in [1.807, 2.05) is 25.1 Å².